The Morgan fingerprint density at radius 2 is 1.80 bits per heavy atom. The maximum Gasteiger partial charge on any atom is 0.107 e. The quantitative estimate of drug-likeness (QED) is 0.661. The summed E-state index contributed by atoms with van der Waals surface area (Å²) in [4.78, 5) is 0. The van der Waals surface area contributed by atoms with Crippen molar-refractivity contribution in [3.8, 4) is 0 Å². The van der Waals surface area contributed by atoms with E-state index in [1.165, 1.54) is 0 Å². The van der Waals surface area contributed by atoms with Gasteiger partial charge in [-0.15, -0.1) is 0 Å². The molecule has 5 heteroatoms. The molecule has 1 aromatic rings. The minimum absolute atomic E-state index is 0.231. The number of aliphatic hydroxyl groups is 3. The summed E-state index contributed by atoms with van der Waals surface area (Å²) in [6.45, 7) is 0.746. The van der Waals surface area contributed by atoms with E-state index in [9.17, 15) is 10.2 Å². The van der Waals surface area contributed by atoms with Crippen LogP contribution < -0.4 is 0 Å². The van der Waals surface area contributed by atoms with Crippen molar-refractivity contribution in [3.63, 3.8) is 0 Å². The average molecular weight is 282 g/mol. The van der Waals surface area contributed by atoms with Crippen LogP contribution in [0.1, 0.15) is 18.4 Å². The predicted molar refractivity (Wildman–Crippen MR) is 73.1 cm³/mol. The van der Waals surface area contributed by atoms with E-state index in [2.05, 4.69) is 0 Å². The molecule has 0 amide bonds. The third-order valence-electron chi connectivity index (χ3n) is 3.53. The molecule has 0 radical (unpaired) electrons. The van der Waals surface area contributed by atoms with Gasteiger partial charge in [-0.1, -0.05) is 30.3 Å². The molecule has 1 fully saturated rings. The van der Waals surface area contributed by atoms with Crippen molar-refractivity contribution in [1.29, 1.82) is 0 Å². The molecule has 1 aliphatic heterocycles. The highest BCUT2D eigenvalue weighted by Crippen LogP contribution is 2.22. The molecule has 1 saturated heterocycles. The smallest absolute Gasteiger partial charge is 0.107 e. The fourth-order valence-corrected chi connectivity index (χ4v) is 2.35. The summed E-state index contributed by atoms with van der Waals surface area (Å²) in [5.74, 6) is 0. The van der Waals surface area contributed by atoms with Crippen molar-refractivity contribution in [2.24, 2.45) is 0 Å². The van der Waals surface area contributed by atoms with E-state index in [0.717, 1.165) is 5.56 Å². The van der Waals surface area contributed by atoms with Gasteiger partial charge in [-0.05, 0) is 12.0 Å². The Bertz CT molecular complexity index is 383. The van der Waals surface area contributed by atoms with Crippen LogP contribution in [0, 0.1) is 0 Å². The molecule has 1 heterocycles. The average Bonchev–Trinajstić information content (AvgIpc) is 2.46. The van der Waals surface area contributed by atoms with E-state index in [1.807, 2.05) is 30.3 Å². The molecule has 1 aromatic carbocycles. The first-order chi connectivity index (χ1) is 9.70. The largest absolute Gasteiger partial charge is 0.394 e. The molecular formula is C15H22O5. The lowest BCUT2D eigenvalue weighted by Crippen LogP contribution is -2.49. The molecule has 0 aliphatic carbocycles. The second kappa shape index (κ2) is 7.71. The molecule has 112 valence electrons. The summed E-state index contributed by atoms with van der Waals surface area (Å²) in [7, 11) is 0. The first-order valence-electron chi connectivity index (χ1n) is 6.95. The summed E-state index contributed by atoms with van der Waals surface area (Å²) in [5, 5.41) is 28.5. The van der Waals surface area contributed by atoms with Gasteiger partial charge < -0.3 is 24.8 Å². The molecule has 20 heavy (non-hydrogen) atoms. The van der Waals surface area contributed by atoms with E-state index in [1.54, 1.807) is 0 Å². The van der Waals surface area contributed by atoms with Gasteiger partial charge in [0.15, 0.2) is 0 Å². The lowest BCUT2D eigenvalue weighted by Gasteiger charge is -2.36. The van der Waals surface area contributed by atoms with Crippen LogP contribution in [0.4, 0.5) is 0 Å². The molecule has 4 atom stereocenters. The van der Waals surface area contributed by atoms with E-state index in [0.29, 0.717) is 19.6 Å². The van der Waals surface area contributed by atoms with Crippen LogP contribution in [0.15, 0.2) is 30.3 Å². The molecule has 0 aromatic heterocycles. The standard InChI is InChI=1S/C15H22O5/c16-9-15-13(18)8-12(17)14(20-15)6-7-19-10-11-4-2-1-3-5-11/h1-5,12-18H,6-10H2/t12-,13+,14+,15-/m1/s1. The Morgan fingerprint density at radius 1 is 1.10 bits per heavy atom. The third kappa shape index (κ3) is 4.26. The first kappa shape index (κ1) is 15.4. The Balaban J connectivity index is 1.70. The minimum atomic E-state index is -0.809. The van der Waals surface area contributed by atoms with Crippen molar-refractivity contribution in [2.75, 3.05) is 13.2 Å². The second-order valence-corrected chi connectivity index (χ2v) is 5.09. The minimum Gasteiger partial charge on any atom is -0.394 e. The molecular weight excluding hydrogens is 260 g/mol. The highest BCUT2D eigenvalue weighted by atomic mass is 16.5. The summed E-state index contributed by atoms with van der Waals surface area (Å²) >= 11 is 0. The van der Waals surface area contributed by atoms with E-state index in [4.69, 9.17) is 14.6 Å². The number of rotatable bonds is 6. The number of hydrogen-bond donors (Lipinski definition) is 3. The monoisotopic (exact) mass is 282 g/mol. The van der Waals surface area contributed by atoms with Crippen molar-refractivity contribution >= 4 is 0 Å². The third-order valence-corrected chi connectivity index (χ3v) is 3.53. The van der Waals surface area contributed by atoms with Gasteiger partial charge in [0.25, 0.3) is 0 Å². The van der Waals surface area contributed by atoms with Crippen LogP contribution in [0.25, 0.3) is 0 Å². The topological polar surface area (TPSA) is 79.2 Å². The molecule has 1 aliphatic rings. The summed E-state index contributed by atoms with van der Waals surface area (Å²) in [6.07, 6.45) is -1.76. The van der Waals surface area contributed by atoms with Gasteiger partial charge in [0.2, 0.25) is 0 Å². The number of ether oxygens (including phenoxy) is 2. The fourth-order valence-electron chi connectivity index (χ4n) is 2.35. The van der Waals surface area contributed by atoms with Crippen LogP contribution in [0.3, 0.4) is 0 Å². The van der Waals surface area contributed by atoms with Crippen LogP contribution in [-0.4, -0.2) is 52.9 Å². The molecule has 5 nitrogen and oxygen atoms in total. The molecule has 0 spiro atoms. The van der Waals surface area contributed by atoms with Crippen LogP contribution in [0.5, 0.6) is 0 Å². The maximum atomic E-state index is 9.85. The fraction of sp³-hybridized carbons (Fsp3) is 0.600. The van der Waals surface area contributed by atoms with E-state index < -0.39 is 24.4 Å². The van der Waals surface area contributed by atoms with Gasteiger partial charge in [-0.2, -0.15) is 0 Å². The van der Waals surface area contributed by atoms with E-state index in [-0.39, 0.29) is 13.0 Å². The van der Waals surface area contributed by atoms with Crippen molar-refractivity contribution in [3.05, 3.63) is 35.9 Å². The van der Waals surface area contributed by atoms with Crippen LogP contribution >= 0.6 is 0 Å². The Hall–Kier alpha value is -0.980. The second-order valence-electron chi connectivity index (χ2n) is 5.09. The lowest BCUT2D eigenvalue weighted by molar-refractivity contribution is -0.184. The zero-order valence-corrected chi connectivity index (χ0v) is 11.4. The van der Waals surface area contributed by atoms with Crippen molar-refractivity contribution < 1.29 is 24.8 Å². The molecule has 0 unspecified atom stereocenters. The van der Waals surface area contributed by atoms with E-state index >= 15 is 0 Å². The zero-order valence-electron chi connectivity index (χ0n) is 11.4. The maximum absolute atomic E-state index is 9.85. The van der Waals surface area contributed by atoms with Crippen molar-refractivity contribution in [1.82, 2.24) is 0 Å². The Labute approximate surface area is 118 Å². The van der Waals surface area contributed by atoms with Gasteiger partial charge in [-0.3, -0.25) is 0 Å². The lowest BCUT2D eigenvalue weighted by atomic mass is 9.97. The van der Waals surface area contributed by atoms with Gasteiger partial charge >= 0.3 is 0 Å². The van der Waals surface area contributed by atoms with Crippen molar-refractivity contribution in [2.45, 2.75) is 43.9 Å². The summed E-state index contributed by atoms with van der Waals surface area (Å²) < 4.78 is 11.0. The SMILES string of the molecule is OC[C@H]1O[C@@H](CCOCc2ccccc2)[C@H](O)C[C@@H]1O. The Morgan fingerprint density at radius 3 is 2.50 bits per heavy atom. The molecule has 0 bridgehead atoms. The summed E-state index contributed by atoms with van der Waals surface area (Å²) in [6, 6.07) is 9.85. The van der Waals surface area contributed by atoms with Gasteiger partial charge in [0, 0.05) is 13.0 Å². The number of hydrogen-bond acceptors (Lipinski definition) is 5. The van der Waals surface area contributed by atoms with Gasteiger partial charge in [0.05, 0.1) is 31.5 Å². The van der Waals surface area contributed by atoms with Crippen LogP contribution in [0.2, 0.25) is 0 Å². The highest BCUT2D eigenvalue weighted by molar-refractivity contribution is 5.13. The predicted octanol–water partition coefficient (Wildman–Crippen LogP) is 0.465. The first-order valence-corrected chi connectivity index (χ1v) is 6.95. The zero-order chi connectivity index (χ0) is 14.4. The highest BCUT2D eigenvalue weighted by Gasteiger charge is 2.35. The van der Waals surface area contributed by atoms with Gasteiger partial charge in [-0.25, -0.2) is 0 Å². The normalized spacial score (nSPS) is 30.4. The number of aliphatic hydroxyl groups excluding tert-OH is 3. The molecule has 2 rings (SSSR count). The van der Waals surface area contributed by atoms with Crippen LogP contribution in [-0.2, 0) is 16.1 Å². The summed E-state index contributed by atoms with van der Waals surface area (Å²) in [5.41, 5.74) is 1.10. The Kier molecular flexibility index (Phi) is 5.94. The molecule has 0 saturated carbocycles. The van der Waals surface area contributed by atoms with Gasteiger partial charge in [0.1, 0.15) is 6.10 Å². The molecule has 3 N–H and O–H groups in total. The number of benzene rings is 1.